The van der Waals surface area contributed by atoms with Crippen molar-refractivity contribution in [2.75, 3.05) is 18.0 Å². The summed E-state index contributed by atoms with van der Waals surface area (Å²) in [5, 5.41) is 21.1. The number of alkyl halides is 3. The molecule has 3 aromatic rings. The summed E-state index contributed by atoms with van der Waals surface area (Å²) in [6.45, 7) is 5.40. The Bertz CT molecular complexity index is 1230. The highest BCUT2D eigenvalue weighted by Gasteiger charge is 2.31. The number of fused-ring (bicyclic) bond motifs is 1. The van der Waals surface area contributed by atoms with Gasteiger partial charge >= 0.3 is 12.3 Å². The molecule has 0 aromatic heterocycles. The summed E-state index contributed by atoms with van der Waals surface area (Å²) < 4.78 is 39.9. The molecule has 0 bridgehead atoms. The number of rotatable bonds is 9. The lowest BCUT2D eigenvalue weighted by molar-refractivity contribution is -0.137. The molecule has 0 aliphatic carbocycles. The topological polar surface area (TPSA) is 67.6 Å². The van der Waals surface area contributed by atoms with E-state index in [1.807, 2.05) is 43.3 Å². The quantitative estimate of drug-likeness (QED) is 0.355. The Labute approximate surface area is 203 Å². The number of benzene rings is 3. The van der Waals surface area contributed by atoms with Gasteiger partial charge in [0.05, 0.1) is 23.7 Å². The van der Waals surface area contributed by atoms with E-state index in [1.165, 1.54) is 6.07 Å². The molecule has 0 spiro atoms. The van der Waals surface area contributed by atoms with E-state index in [0.29, 0.717) is 0 Å². The van der Waals surface area contributed by atoms with Crippen molar-refractivity contribution in [1.29, 1.82) is 5.26 Å². The summed E-state index contributed by atoms with van der Waals surface area (Å²) >= 11 is 0. The number of amides is 1. The maximum Gasteiger partial charge on any atom is 0.416 e. The molecule has 35 heavy (non-hydrogen) atoms. The molecule has 3 rings (SSSR count). The molecule has 184 valence electrons. The highest BCUT2D eigenvalue weighted by molar-refractivity contribution is 5.87. The summed E-state index contributed by atoms with van der Waals surface area (Å²) in [7, 11) is 0. The lowest BCUT2D eigenvalue weighted by Gasteiger charge is -2.28. The molecule has 5 nitrogen and oxygen atoms in total. The van der Waals surface area contributed by atoms with Crippen LogP contribution in [0.4, 0.5) is 23.7 Å². The van der Waals surface area contributed by atoms with E-state index in [1.54, 1.807) is 6.07 Å². The molecular formula is C27H28F3N3O2. The zero-order chi connectivity index (χ0) is 25.6. The van der Waals surface area contributed by atoms with Gasteiger partial charge in [0.15, 0.2) is 0 Å². The van der Waals surface area contributed by atoms with Gasteiger partial charge in [-0.1, -0.05) is 37.6 Å². The highest BCUT2D eigenvalue weighted by atomic mass is 19.4. The maximum atomic E-state index is 13.3. The standard InChI is InChI=1S/C27H28F3N3O2/c1-3-5-10-32(4-2)25-15-22-9-7-6-8-21(22)14-23(25)18-33(26(34)35)17-20-11-19(16-31)12-24(13-20)27(28,29)30/h6-9,11-15H,3-5,10,17-18H2,1-2H3,(H,34,35). The Balaban J connectivity index is 2.02. The fourth-order valence-corrected chi connectivity index (χ4v) is 4.12. The van der Waals surface area contributed by atoms with Crippen LogP contribution in [-0.2, 0) is 19.3 Å². The molecule has 0 unspecified atom stereocenters. The van der Waals surface area contributed by atoms with Gasteiger partial charge < -0.3 is 10.0 Å². The van der Waals surface area contributed by atoms with Crippen molar-refractivity contribution in [2.45, 2.75) is 46.0 Å². The minimum Gasteiger partial charge on any atom is -0.465 e. The Kier molecular flexibility index (Phi) is 8.23. The molecule has 3 aromatic carbocycles. The van der Waals surface area contributed by atoms with E-state index >= 15 is 0 Å². The van der Waals surface area contributed by atoms with Gasteiger partial charge in [-0.2, -0.15) is 18.4 Å². The van der Waals surface area contributed by atoms with Gasteiger partial charge in [-0.3, -0.25) is 4.90 Å². The molecule has 0 atom stereocenters. The summed E-state index contributed by atoms with van der Waals surface area (Å²) in [5.41, 5.74) is 0.659. The second kappa shape index (κ2) is 11.1. The number of carbonyl (C=O) groups is 1. The van der Waals surface area contributed by atoms with Crippen molar-refractivity contribution in [2.24, 2.45) is 0 Å². The van der Waals surface area contributed by atoms with E-state index in [0.717, 1.165) is 65.0 Å². The molecule has 0 heterocycles. The predicted molar refractivity (Wildman–Crippen MR) is 130 cm³/mol. The molecule has 0 saturated heterocycles. The number of hydrogen-bond acceptors (Lipinski definition) is 3. The van der Waals surface area contributed by atoms with Gasteiger partial charge in [0.1, 0.15) is 0 Å². The summed E-state index contributed by atoms with van der Waals surface area (Å²) in [6, 6.07) is 16.5. The predicted octanol–water partition coefficient (Wildman–Crippen LogP) is 7.04. The van der Waals surface area contributed by atoms with Gasteiger partial charge in [-0.05, 0) is 65.6 Å². The van der Waals surface area contributed by atoms with Crippen molar-refractivity contribution in [3.05, 3.63) is 76.9 Å². The minimum atomic E-state index is -4.64. The first-order valence-electron chi connectivity index (χ1n) is 11.5. The third kappa shape index (κ3) is 6.44. The largest absolute Gasteiger partial charge is 0.465 e. The smallest absolute Gasteiger partial charge is 0.416 e. The SMILES string of the molecule is CCCCN(CC)c1cc2ccccc2cc1CN(Cc1cc(C#N)cc(C(F)(F)F)c1)C(=O)O. The van der Waals surface area contributed by atoms with Crippen molar-refractivity contribution >= 4 is 22.6 Å². The first-order valence-corrected chi connectivity index (χ1v) is 11.5. The van der Waals surface area contributed by atoms with Crippen LogP contribution in [0.25, 0.3) is 10.8 Å². The van der Waals surface area contributed by atoms with E-state index in [4.69, 9.17) is 0 Å². The monoisotopic (exact) mass is 483 g/mol. The zero-order valence-corrected chi connectivity index (χ0v) is 19.8. The number of nitrogens with zero attached hydrogens (tertiary/aromatic N) is 3. The Morgan fingerprint density at radius 2 is 1.71 bits per heavy atom. The molecule has 8 heteroatoms. The van der Waals surface area contributed by atoms with Crippen LogP contribution < -0.4 is 4.90 Å². The molecule has 0 aliphatic heterocycles. The number of carboxylic acid groups (broad SMARTS) is 1. The average molecular weight is 484 g/mol. The second-order valence-electron chi connectivity index (χ2n) is 8.43. The summed E-state index contributed by atoms with van der Waals surface area (Å²) in [5.74, 6) is 0. The van der Waals surface area contributed by atoms with E-state index in [9.17, 15) is 28.3 Å². The number of nitriles is 1. The number of hydrogen-bond donors (Lipinski definition) is 1. The van der Waals surface area contributed by atoms with Crippen molar-refractivity contribution in [3.63, 3.8) is 0 Å². The van der Waals surface area contributed by atoms with Crippen LogP contribution in [0.15, 0.2) is 54.6 Å². The highest BCUT2D eigenvalue weighted by Crippen LogP contribution is 2.32. The zero-order valence-electron chi connectivity index (χ0n) is 19.8. The third-order valence-corrected chi connectivity index (χ3v) is 5.91. The third-order valence-electron chi connectivity index (χ3n) is 5.91. The molecule has 0 saturated carbocycles. The first kappa shape index (κ1) is 25.9. The van der Waals surface area contributed by atoms with E-state index in [-0.39, 0.29) is 24.2 Å². The molecule has 0 fully saturated rings. The van der Waals surface area contributed by atoms with Crippen LogP contribution in [0.3, 0.4) is 0 Å². The average Bonchev–Trinajstić information content (AvgIpc) is 2.83. The summed E-state index contributed by atoms with van der Waals surface area (Å²) in [6.07, 6.45) is -3.90. The minimum absolute atomic E-state index is 0.00371. The van der Waals surface area contributed by atoms with Gasteiger partial charge in [0.2, 0.25) is 0 Å². The Morgan fingerprint density at radius 1 is 1.03 bits per heavy atom. The van der Waals surface area contributed by atoms with Crippen LogP contribution in [-0.4, -0.2) is 29.2 Å². The fourth-order valence-electron chi connectivity index (χ4n) is 4.12. The molecular weight excluding hydrogens is 455 g/mol. The molecule has 0 aliphatic rings. The fraction of sp³-hybridized carbons (Fsp3) is 0.333. The number of halogens is 3. The van der Waals surface area contributed by atoms with Crippen LogP contribution >= 0.6 is 0 Å². The van der Waals surface area contributed by atoms with E-state index in [2.05, 4.69) is 11.8 Å². The van der Waals surface area contributed by atoms with Crippen molar-refractivity contribution < 1.29 is 23.1 Å². The van der Waals surface area contributed by atoms with Gasteiger partial charge in [-0.15, -0.1) is 0 Å². The van der Waals surface area contributed by atoms with Crippen LogP contribution in [0.1, 0.15) is 48.9 Å². The number of anilines is 1. The van der Waals surface area contributed by atoms with Crippen LogP contribution in [0.5, 0.6) is 0 Å². The first-order chi connectivity index (χ1) is 16.7. The normalized spacial score (nSPS) is 11.3. The molecule has 1 amide bonds. The Morgan fingerprint density at radius 3 is 2.29 bits per heavy atom. The maximum absolute atomic E-state index is 13.3. The molecule has 1 N–H and O–H groups in total. The van der Waals surface area contributed by atoms with Crippen molar-refractivity contribution in [1.82, 2.24) is 4.90 Å². The summed E-state index contributed by atoms with van der Waals surface area (Å²) in [4.78, 5) is 15.4. The van der Waals surface area contributed by atoms with E-state index < -0.39 is 17.8 Å². The van der Waals surface area contributed by atoms with Crippen LogP contribution in [0, 0.1) is 11.3 Å². The molecule has 0 radical (unpaired) electrons. The lowest BCUT2D eigenvalue weighted by Crippen LogP contribution is -2.31. The lowest BCUT2D eigenvalue weighted by atomic mass is 10.0. The second-order valence-corrected chi connectivity index (χ2v) is 8.43. The van der Waals surface area contributed by atoms with Gasteiger partial charge in [0.25, 0.3) is 0 Å². The van der Waals surface area contributed by atoms with Gasteiger partial charge in [-0.25, -0.2) is 4.79 Å². The van der Waals surface area contributed by atoms with Crippen LogP contribution in [0.2, 0.25) is 0 Å². The Hall–Kier alpha value is -3.73. The van der Waals surface area contributed by atoms with Crippen molar-refractivity contribution in [3.8, 4) is 6.07 Å². The number of unbranched alkanes of at least 4 members (excludes halogenated alkanes) is 1. The van der Waals surface area contributed by atoms with Gasteiger partial charge in [0, 0.05) is 25.3 Å².